The Morgan fingerprint density at radius 1 is 0.284 bits per heavy atom. The number of nitrogens with zero attached hydrogens (tertiary/aromatic N) is 9. The van der Waals surface area contributed by atoms with E-state index in [4.69, 9.17) is 4.98 Å². The smallest absolute Gasteiger partial charge is 0.0698 e. The SMILES string of the molecule is CC(C)c1cccc(-c2ccnc(-c3[c-]cccc3)c2)n1.CCc1cccc(-c2ccnc(-c3[c-]cccc3)c2)n1.Cc1ccc(-c2[c-]cccc2)nc1.Cc1ccc(-c2[c-]cccc2)nc1.Cc1ccc(-c2[c-]cccc2)nc1.Cc1cccc(-c2ccnc(-c3[c-]cccc3)c2)n1.[Ir].[Ir].[Ir]. The van der Waals surface area contributed by atoms with Crippen LogP contribution in [0, 0.1) is 64.1 Å². The number of rotatable bonds is 11. The molecule has 0 bridgehead atoms. The molecule has 0 amide bonds. The van der Waals surface area contributed by atoms with Crippen molar-refractivity contribution in [2.75, 3.05) is 0 Å². The van der Waals surface area contributed by atoms with E-state index in [-0.39, 0.29) is 60.3 Å². The standard InChI is InChI=1S/C19H17N2.C18H15N2.C17H13N2.3C12H10N.3Ir/c1-14(2)17-9-6-10-18(21-17)16-11-12-20-19(13-16)15-7-4-3-5-8-15;1-2-16-9-6-10-17(20-16)15-11-12-19-18(13-15)14-7-4-3-5-8-14;1-13-6-5-9-16(19-13)15-10-11-18-17(12-15)14-7-3-2-4-8-14;3*1-10-7-8-12(13-9-10)11-5-3-2-4-6-11;;;/h3-7,9-14H,1-2H3;3-7,9-13H,2H2,1H3;2-7,9-12H,1H3;3*2-5,7-9H,1H3;;;/q6*-1;;;. The molecule has 0 unspecified atom stereocenters. The third-order valence-corrected chi connectivity index (χ3v) is 15.2. The van der Waals surface area contributed by atoms with Gasteiger partial charge in [-0.15, -0.1) is 215 Å². The average molecular weight is 1860 g/mol. The average Bonchev–Trinajstić information content (AvgIpc) is 0.855. The molecule has 0 atom stereocenters. The molecular formula is C90H75Ir3N9-6. The second-order valence-corrected chi connectivity index (χ2v) is 23.2. The number of pyridine rings is 9. The first-order valence-electron chi connectivity index (χ1n) is 32.9. The minimum Gasteiger partial charge on any atom is -0.305 e. The zero-order chi connectivity index (χ0) is 68.8. The first kappa shape index (κ1) is 78.9. The van der Waals surface area contributed by atoms with Gasteiger partial charge in [-0.3, -0.25) is 15.0 Å². The van der Waals surface area contributed by atoms with Gasteiger partial charge in [-0.05, 0) is 162 Å². The van der Waals surface area contributed by atoms with E-state index in [0.717, 1.165) is 125 Å². The van der Waals surface area contributed by atoms with E-state index in [2.05, 4.69) is 152 Å². The van der Waals surface area contributed by atoms with Crippen molar-refractivity contribution in [2.24, 2.45) is 0 Å². The maximum Gasteiger partial charge on any atom is 0.0698 e. The van der Waals surface area contributed by atoms with E-state index in [9.17, 15) is 0 Å². The van der Waals surface area contributed by atoms with Gasteiger partial charge in [0, 0.05) is 115 Å². The Hall–Kier alpha value is -10.4. The van der Waals surface area contributed by atoms with Crippen LogP contribution in [0.2, 0.25) is 0 Å². The molecule has 0 saturated carbocycles. The predicted molar refractivity (Wildman–Crippen MR) is 403 cm³/mol. The van der Waals surface area contributed by atoms with Crippen molar-refractivity contribution in [1.82, 2.24) is 44.9 Å². The minimum atomic E-state index is 0. The number of aromatic nitrogens is 9. The molecule has 0 N–H and O–H groups in total. The first-order valence-corrected chi connectivity index (χ1v) is 32.9. The van der Waals surface area contributed by atoms with Crippen molar-refractivity contribution in [3.63, 3.8) is 0 Å². The monoisotopic (exact) mass is 1860 g/mol. The fraction of sp³-hybridized carbons (Fsp3) is 0.100. The van der Waals surface area contributed by atoms with Gasteiger partial charge in [-0.2, -0.15) is 0 Å². The quantitative estimate of drug-likeness (QED) is 0.117. The third kappa shape index (κ3) is 24.5. The van der Waals surface area contributed by atoms with Crippen molar-refractivity contribution in [2.45, 2.75) is 60.8 Å². The van der Waals surface area contributed by atoms with Gasteiger partial charge in [0.2, 0.25) is 0 Å². The molecule has 0 aliphatic heterocycles. The number of hydrogen-bond donors (Lipinski definition) is 0. The Balaban J connectivity index is 0.000000172. The van der Waals surface area contributed by atoms with Gasteiger partial charge in [0.15, 0.2) is 0 Å². The molecule has 6 aromatic carbocycles. The predicted octanol–water partition coefficient (Wildman–Crippen LogP) is 21.4. The normalized spacial score (nSPS) is 10.0. The summed E-state index contributed by atoms with van der Waals surface area (Å²) < 4.78 is 0. The molecule has 0 spiro atoms. The van der Waals surface area contributed by atoms with E-state index in [1.54, 1.807) is 0 Å². The van der Waals surface area contributed by atoms with Crippen LogP contribution in [0.25, 0.3) is 101 Å². The number of benzene rings is 6. The van der Waals surface area contributed by atoms with Crippen LogP contribution in [0.3, 0.4) is 0 Å². The van der Waals surface area contributed by atoms with Gasteiger partial charge in [0.1, 0.15) is 0 Å². The second kappa shape index (κ2) is 42.0. The fourth-order valence-electron chi connectivity index (χ4n) is 9.88. The van der Waals surface area contributed by atoms with Crippen molar-refractivity contribution < 1.29 is 60.3 Å². The van der Waals surface area contributed by atoms with Crippen LogP contribution in [0.15, 0.2) is 310 Å². The summed E-state index contributed by atoms with van der Waals surface area (Å²) in [5, 5.41) is 0. The van der Waals surface area contributed by atoms with Crippen LogP contribution in [0.1, 0.15) is 60.5 Å². The second-order valence-electron chi connectivity index (χ2n) is 23.2. The maximum atomic E-state index is 4.74. The zero-order valence-corrected chi connectivity index (χ0v) is 64.9. The molecule has 15 aromatic rings. The summed E-state index contributed by atoms with van der Waals surface area (Å²) in [6.45, 7) is 14.5. The molecule has 0 aliphatic carbocycles. The van der Waals surface area contributed by atoms with E-state index in [0.29, 0.717) is 5.92 Å². The van der Waals surface area contributed by atoms with Crippen molar-refractivity contribution in [3.05, 3.63) is 380 Å². The number of hydrogen-bond acceptors (Lipinski definition) is 9. The largest absolute Gasteiger partial charge is 0.305 e. The van der Waals surface area contributed by atoms with Crippen LogP contribution in [0.4, 0.5) is 0 Å². The van der Waals surface area contributed by atoms with E-state index in [1.165, 1.54) is 16.7 Å². The van der Waals surface area contributed by atoms with Crippen LogP contribution < -0.4 is 0 Å². The molecule has 0 fully saturated rings. The molecule has 12 heteroatoms. The van der Waals surface area contributed by atoms with E-state index in [1.807, 2.05) is 283 Å². The Morgan fingerprint density at radius 2 is 0.598 bits per heavy atom. The minimum absolute atomic E-state index is 0. The van der Waals surface area contributed by atoms with Gasteiger partial charge < -0.3 is 29.9 Å². The van der Waals surface area contributed by atoms with Gasteiger partial charge in [0.25, 0.3) is 0 Å². The molecular weight excluding hydrogens is 1780 g/mol. The van der Waals surface area contributed by atoms with Crippen LogP contribution >= 0.6 is 0 Å². The Kier molecular flexibility index (Phi) is 32.5. The molecule has 9 aromatic heterocycles. The fourth-order valence-corrected chi connectivity index (χ4v) is 9.88. The topological polar surface area (TPSA) is 116 Å². The summed E-state index contributed by atoms with van der Waals surface area (Å²) in [5.41, 5.74) is 24.8. The van der Waals surface area contributed by atoms with Gasteiger partial charge >= 0.3 is 0 Å². The molecule has 15 rings (SSSR count). The van der Waals surface area contributed by atoms with E-state index < -0.39 is 0 Å². The Morgan fingerprint density at radius 3 is 0.892 bits per heavy atom. The third-order valence-electron chi connectivity index (χ3n) is 15.2. The van der Waals surface area contributed by atoms with Crippen molar-refractivity contribution >= 4 is 0 Å². The summed E-state index contributed by atoms with van der Waals surface area (Å²) in [6, 6.07) is 109. The molecule has 9 heterocycles. The first-order chi connectivity index (χ1) is 48.5. The Bertz CT molecular complexity index is 4670. The van der Waals surface area contributed by atoms with Crippen molar-refractivity contribution in [1.29, 1.82) is 0 Å². The van der Waals surface area contributed by atoms with Crippen LogP contribution in [-0.2, 0) is 66.7 Å². The van der Waals surface area contributed by atoms with Gasteiger partial charge in [0.05, 0.1) is 17.1 Å². The van der Waals surface area contributed by atoms with Crippen LogP contribution in [0.5, 0.6) is 0 Å². The summed E-state index contributed by atoms with van der Waals surface area (Å²) in [7, 11) is 0. The summed E-state index contributed by atoms with van der Waals surface area (Å²) in [5.74, 6) is 0.425. The van der Waals surface area contributed by atoms with Crippen LogP contribution in [-0.4, -0.2) is 44.9 Å². The molecule has 0 aliphatic rings. The van der Waals surface area contributed by atoms with Gasteiger partial charge in [-0.25, -0.2) is 0 Å². The zero-order valence-electron chi connectivity index (χ0n) is 57.8. The molecule has 102 heavy (non-hydrogen) atoms. The summed E-state index contributed by atoms with van der Waals surface area (Å²) in [4.78, 5) is 40.1. The van der Waals surface area contributed by atoms with Gasteiger partial charge in [-0.1, -0.05) is 93.6 Å². The molecule has 9 nitrogen and oxygen atoms in total. The number of aryl methyl sites for hydroxylation is 5. The van der Waals surface area contributed by atoms with Crippen molar-refractivity contribution in [3.8, 4) is 101 Å². The summed E-state index contributed by atoms with van der Waals surface area (Å²) in [6.07, 6.45) is 12.0. The maximum absolute atomic E-state index is 4.74. The molecule has 0 saturated heterocycles. The van der Waals surface area contributed by atoms with E-state index >= 15 is 0 Å². The Labute approximate surface area is 642 Å². The summed E-state index contributed by atoms with van der Waals surface area (Å²) >= 11 is 0. The molecule has 513 valence electrons. The molecule has 3 radical (unpaired) electrons.